The molecule has 0 saturated carbocycles. The average molecular weight is 264 g/mol. The molecule has 0 aromatic carbocycles. The van der Waals surface area contributed by atoms with Crippen LogP contribution in [-0.4, -0.2) is 36.1 Å². The molecule has 1 saturated heterocycles. The van der Waals surface area contributed by atoms with Crippen LogP contribution in [0.3, 0.4) is 0 Å². The van der Waals surface area contributed by atoms with E-state index in [1.54, 1.807) is 12.3 Å². The van der Waals surface area contributed by atoms with Crippen LogP contribution in [0.4, 0.5) is 11.5 Å². The van der Waals surface area contributed by atoms with Crippen molar-refractivity contribution in [3.05, 3.63) is 28.4 Å². The van der Waals surface area contributed by atoms with Gasteiger partial charge in [-0.15, -0.1) is 0 Å². The number of anilines is 1. The van der Waals surface area contributed by atoms with E-state index in [0.717, 1.165) is 39.0 Å². The summed E-state index contributed by atoms with van der Waals surface area (Å²) in [5, 5.41) is 14.4. The topological polar surface area (TPSA) is 71.3 Å². The molecule has 2 heterocycles. The van der Waals surface area contributed by atoms with Gasteiger partial charge in [-0.3, -0.25) is 10.1 Å². The second-order valence-electron chi connectivity index (χ2n) is 4.84. The van der Waals surface area contributed by atoms with Gasteiger partial charge in [0.1, 0.15) is 0 Å². The van der Waals surface area contributed by atoms with Crippen LogP contribution in [-0.2, 0) is 0 Å². The van der Waals surface area contributed by atoms with Gasteiger partial charge in [0.15, 0.2) is 0 Å². The minimum absolute atomic E-state index is 0.0956. The van der Waals surface area contributed by atoms with Crippen molar-refractivity contribution in [1.29, 1.82) is 0 Å². The summed E-state index contributed by atoms with van der Waals surface area (Å²) in [6.07, 6.45) is 3.86. The largest absolute Gasteiger partial charge is 0.351 e. The number of nitrogens with zero attached hydrogens (tertiary/aromatic N) is 3. The van der Waals surface area contributed by atoms with Gasteiger partial charge in [0.05, 0.1) is 4.92 Å². The lowest BCUT2D eigenvalue weighted by Crippen LogP contribution is -2.36. The Kier molecular flexibility index (Phi) is 4.68. The van der Waals surface area contributed by atoms with E-state index in [2.05, 4.69) is 10.3 Å². The van der Waals surface area contributed by atoms with Gasteiger partial charge in [0.25, 0.3) is 0 Å². The number of rotatable bonds is 5. The van der Waals surface area contributed by atoms with Crippen LogP contribution in [0.1, 0.15) is 19.8 Å². The third-order valence-corrected chi connectivity index (χ3v) is 3.58. The molecule has 1 aliphatic heterocycles. The van der Waals surface area contributed by atoms with E-state index in [9.17, 15) is 10.1 Å². The van der Waals surface area contributed by atoms with Crippen molar-refractivity contribution in [2.45, 2.75) is 19.8 Å². The van der Waals surface area contributed by atoms with E-state index in [1.165, 1.54) is 6.07 Å². The van der Waals surface area contributed by atoms with Gasteiger partial charge in [-0.1, -0.05) is 0 Å². The molecule has 1 fully saturated rings. The first-order chi connectivity index (χ1) is 9.22. The Labute approximate surface area is 113 Å². The van der Waals surface area contributed by atoms with E-state index >= 15 is 0 Å². The number of hydrogen-bond acceptors (Lipinski definition) is 5. The van der Waals surface area contributed by atoms with Crippen molar-refractivity contribution < 1.29 is 4.92 Å². The van der Waals surface area contributed by atoms with Crippen LogP contribution in [0.2, 0.25) is 0 Å². The van der Waals surface area contributed by atoms with E-state index in [0.29, 0.717) is 11.7 Å². The lowest BCUT2D eigenvalue weighted by atomic mass is 9.97. The van der Waals surface area contributed by atoms with E-state index in [-0.39, 0.29) is 10.6 Å². The predicted molar refractivity (Wildman–Crippen MR) is 74.4 cm³/mol. The van der Waals surface area contributed by atoms with Crippen molar-refractivity contribution in [2.75, 3.05) is 31.1 Å². The predicted octanol–water partition coefficient (Wildman–Crippen LogP) is 1.82. The molecular formula is C13H20N4O2. The summed E-state index contributed by atoms with van der Waals surface area (Å²) in [4.78, 5) is 16.9. The van der Waals surface area contributed by atoms with Crippen molar-refractivity contribution >= 4 is 11.5 Å². The molecule has 19 heavy (non-hydrogen) atoms. The SMILES string of the molecule is CCN(CC1CCNCC1)c1ncccc1[N+](=O)[O-]. The van der Waals surface area contributed by atoms with Crippen molar-refractivity contribution in [3.8, 4) is 0 Å². The maximum Gasteiger partial charge on any atom is 0.311 e. The zero-order valence-electron chi connectivity index (χ0n) is 11.2. The van der Waals surface area contributed by atoms with E-state index in [4.69, 9.17) is 0 Å². The number of pyridine rings is 1. The van der Waals surface area contributed by atoms with Crippen LogP contribution in [0, 0.1) is 16.0 Å². The standard InChI is InChI=1S/C13H20N4O2/c1-2-16(10-11-5-8-14-9-6-11)13-12(17(18)19)4-3-7-15-13/h3-4,7,11,14H,2,5-6,8-10H2,1H3. The number of piperidine rings is 1. The molecule has 1 aliphatic rings. The average Bonchev–Trinajstić information content (AvgIpc) is 2.46. The molecule has 0 bridgehead atoms. The first kappa shape index (κ1) is 13.7. The van der Waals surface area contributed by atoms with Gasteiger partial charge in [0, 0.05) is 25.4 Å². The van der Waals surface area contributed by atoms with Crippen LogP contribution in [0.5, 0.6) is 0 Å². The highest BCUT2D eigenvalue weighted by atomic mass is 16.6. The fourth-order valence-electron chi connectivity index (χ4n) is 2.52. The molecule has 0 spiro atoms. The summed E-state index contributed by atoms with van der Waals surface area (Å²) in [7, 11) is 0. The summed E-state index contributed by atoms with van der Waals surface area (Å²) in [5.41, 5.74) is 0.0956. The van der Waals surface area contributed by atoms with E-state index < -0.39 is 0 Å². The minimum Gasteiger partial charge on any atom is -0.351 e. The molecule has 2 rings (SSSR count). The third-order valence-electron chi connectivity index (χ3n) is 3.58. The summed E-state index contributed by atoms with van der Waals surface area (Å²) >= 11 is 0. The molecule has 0 radical (unpaired) electrons. The molecule has 1 aromatic rings. The first-order valence-corrected chi connectivity index (χ1v) is 6.77. The molecule has 0 aliphatic carbocycles. The smallest absolute Gasteiger partial charge is 0.311 e. The summed E-state index contributed by atoms with van der Waals surface area (Å²) < 4.78 is 0. The van der Waals surface area contributed by atoms with Gasteiger partial charge in [-0.2, -0.15) is 0 Å². The molecular weight excluding hydrogens is 244 g/mol. The normalized spacial score (nSPS) is 16.3. The highest BCUT2D eigenvalue weighted by molar-refractivity contribution is 5.57. The van der Waals surface area contributed by atoms with Gasteiger partial charge in [-0.25, -0.2) is 4.98 Å². The maximum absolute atomic E-state index is 11.1. The van der Waals surface area contributed by atoms with Gasteiger partial charge in [0.2, 0.25) is 5.82 Å². The Bertz CT molecular complexity index is 432. The molecule has 6 nitrogen and oxygen atoms in total. The third kappa shape index (κ3) is 3.41. The van der Waals surface area contributed by atoms with Crippen LogP contribution in [0.15, 0.2) is 18.3 Å². The maximum atomic E-state index is 11.1. The molecule has 104 valence electrons. The van der Waals surface area contributed by atoms with Gasteiger partial charge < -0.3 is 10.2 Å². The van der Waals surface area contributed by atoms with Crippen LogP contribution >= 0.6 is 0 Å². The lowest BCUT2D eigenvalue weighted by Gasteiger charge is -2.29. The van der Waals surface area contributed by atoms with Gasteiger partial charge >= 0.3 is 5.69 Å². The lowest BCUT2D eigenvalue weighted by molar-refractivity contribution is -0.384. The molecule has 1 aromatic heterocycles. The summed E-state index contributed by atoms with van der Waals surface area (Å²) in [5.74, 6) is 1.08. The van der Waals surface area contributed by atoms with Gasteiger partial charge in [-0.05, 0) is 44.8 Å². The Balaban J connectivity index is 2.14. The number of nitro groups is 1. The number of aromatic nitrogens is 1. The zero-order valence-corrected chi connectivity index (χ0v) is 11.2. The van der Waals surface area contributed by atoms with Crippen molar-refractivity contribution in [3.63, 3.8) is 0 Å². The van der Waals surface area contributed by atoms with Crippen molar-refractivity contribution in [1.82, 2.24) is 10.3 Å². The second kappa shape index (κ2) is 6.47. The first-order valence-electron chi connectivity index (χ1n) is 6.77. The summed E-state index contributed by atoms with van der Waals surface area (Å²) in [6.45, 7) is 5.66. The molecule has 1 N–H and O–H groups in total. The molecule has 0 amide bonds. The molecule has 0 atom stereocenters. The fourth-order valence-corrected chi connectivity index (χ4v) is 2.52. The van der Waals surface area contributed by atoms with Crippen molar-refractivity contribution in [2.24, 2.45) is 5.92 Å². The summed E-state index contributed by atoms with van der Waals surface area (Å²) in [6, 6.07) is 3.13. The second-order valence-corrected chi connectivity index (χ2v) is 4.84. The monoisotopic (exact) mass is 264 g/mol. The fraction of sp³-hybridized carbons (Fsp3) is 0.615. The Morgan fingerprint density at radius 3 is 2.89 bits per heavy atom. The Morgan fingerprint density at radius 1 is 1.53 bits per heavy atom. The van der Waals surface area contributed by atoms with Crippen LogP contribution in [0.25, 0.3) is 0 Å². The quantitative estimate of drug-likeness (QED) is 0.648. The molecule has 6 heteroatoms. The number of nitrogens with one attached hydrogen (secondary N) is 1. The van der Waals surface area contributed by atoms with E-state index in [1.807, 2.05) is 11.8 Å². The zero-order chi connectivity index (χ0) is 13.7. The Morgan fingerprint density at radius 2 is 2.26 bits per heavy atom. The minimum atomic E-state index is -0.354. The highest BCUT2D eigenvalue weighted by Crippen LogP contribution is 2.26. The number of hydrogen-bond donors (Lipinski definition) is 1. The highest BCUT2D eigenvalue weighted by Gasteiger charge is 2.23. The van der Waals surface area contributed by atoms with Crippen LogP contribution < -0.4 is 10.2 Å². The Hall–Kier alpha value is -1.69. The molecule has 0 unspecified atom stereocenters.